The van der Waals surface area contributed by atoms with Crippen molar-refractivity contribution in [2.45, 2.75) is 13.8 Å². The summed E-state index contributed by atoms with van der Waals surface area (Å²) in [4.78, 5) is 26.0. The molecule has 1 aromatic heterocycles. The summed E-state index contributed by atoms with van der Waals surface area (Å²) in [5.74, 6) is 0.478. The molecule has 1 heterocycles. The number of ether oxygens (including phenoxy) is 1. The molecule has 148 valence electrons. The maximum absolute atomic E-state index is 11.9. The number of aromatic nitrogens is 3. The molecule has 0 unspecified atom stereocenters. The largest absolute Gasteiger partial charge is 0.484 e. The Hall–Kier alpha value is -4.01. The lowest BCUT2D eigenvalue weighted by Gasteiger charge is -2.08. The summed E-state index contributed by atoms with van der Waals surface area (Å²) in [7, 11) is 0. The molecule has 0 aliphatic heterocycles. The van der Waals surface area contributed by atoms with E-state index in [-0.39, 0.29) is 29.7 Å². The van der Waals surface area contributed by atoms with E-state index in [1.807, 2.05) is 30.3 Å². The number of hydrazone groups is 1. The molecule has 29 heavy (non-hydrogen) atoms. The molecule has 0 saturated heterocycles. The van der Waals surface area contributed by atoms with Gasteiger partial charge < -0.3 is 10.1 Å². The number of nitrogens with one attached hydrogen (secondary N) is 3. The SMILES string of the molecule is C/C(=N/Nc1nnc(C)c(=O)[nH]1)c1ccc(OCC(=O)Nc2ccccc2)cc1. The fourth-order valence-corrected chi connectivity index (χ4v) is 2.30. The number of amides is 1. The van der Waals surface area contributed by atoms with E-state index in [1.54, 1.807) is 38.1 Å². The molecular formula is C20H20N6O3. The number of carbonyl (C=O) groups excluding carboxylic acids is 1. The van der Waals surface area contributed by atoms with Gasteiger partial charge >= 0.3 is 0 Å². The lowest BCUT2D eigenvalue weighted by atomic mass is 10.1. The Bertz CT molecular complexity index is 1060. The van der Waals surface area contributed by atoms with E-state index in [9.17, 15) is 9.59 Å². The number of carbonyl (C=O) groups is 1. The number of H-pyrrole nitrogens is 1. The number of nitrogens with zero attached hydrogens (tertiary/aromatic N) is 3. The molecule has 0 atom stereocenters. The summed E-state index contributed by atoms with van der Waals surface area (Å²) in [6, 6.07) is 16.3. The standard InChI is InChI=1S/C20H20N6O3/c1-13(23-25-20-22-19(28)14(2)24-26-20)15-8-10-17(11-9-15)29-12-18(27)21-16-6-4-3-5-7-16/h3-11H,12H2,1-2H3,(H,21,27)(H2,22,25,26,28)/b23-13-. The number of para-hydroxylation sites is 1. The molecular weight excluding hydrogens is 372 g/mol. The van der Waals surface area contributed by atoms with Gasteiger partial charge in [0, 0.05) is 5.69 Å². The highest BCUT2D eigenvalue weighted by molar-refractivity contribution is 5.99. The van der Waals surface area contributed by atoms with Crippen molar-refractivity contribution in [2.24, 2.45) is 5.10 Å². The molecule has 2 aromatic carbocycles. The number of hydrogen-bond acceptors (Lipinski definition) is 7. The molecule has 0 radical (unpaired) electrons. The Morgan fingerprint density at radius 2 is 1.83 bits per heavy atom. The van der Waals surface area contributed by atoms with Crippen molar-refractivity contribution < 1.29 is 9.53 Å². The van der Waals surface area contributed by atoms with Gasteiger partial charge in [-0.15, -0.1) is 10.2 Å². The van der Waals surface area contributed by atoms with Crippen LogP contribution in [0.4, 0.5) is 11.6 Å². The van der Waals surface area contributed by atoms with Crippen LogP contribution in [0.5, 0.6) is 5.75 Å². The highest BCUT2D eigenvalue weighted by Gasteiger charge is 2.05. The molecule has 0 fully saturated rings. The highest BCUT2D eigenvalue weighted by atomic mass is 16.5. The molecule has 0 spiro atoms. The zero-order chi connectivity index (χ0) is 20.6. The van der Waals surface area contributed by atoms with Gasteiger partial charge in [-0.1, -0.05) is 18.2 Å². The lowest BCUT2D eigenvalue weighted by Crippen LogP contribution is -2.20. The van der Waals surface area contributed by atoms with Crippen LogP contribution in [0.15, 0.2) is 64.5 Å². The zero-order valence-corrected chi connectivity index (χ0v) is 16.0. The van der Waals surface area contributed by atoms with Crippen LogP contribution >= 0.6 is 0 Å². The van der Waals surface area contributed by atoms with Crippen molar-refractivity contribution in [1.82, 2.24) is 15.2 Å². The molecule has 3 N–H and O–H groups in total. The first kappa shape index (κ1) is 19.7. The minimum absolute atomic E-state index is 0.0949. The number of hydrogen-bond donors (Lipinski definition) is 3. The Labute approximate surface area is 166 Å². The van der Waals surface area contributed by atoms with Crippen molar-refractivity contribution in [3.05, 3.63) is 76.2 Å². The van der Waals surface area contributed by atoms with E-state index in [1.165, 1.54) is 0 Å². The summed E-state index contributed by atoms with van der Waals surface area (Å²) in [5.41, 5.74) is 4.84. The van der Waals surface area contributed by atoms with Crippen molar-refractivity contribution in [3.8, 4) is 5.75 Å². The average Bonchev–Trinajstić information content (AvgIpc) is 2.74. The fraction of sp³-hybridized carbons (Fsp3) is 0.150. The average molecular weight is 392 g/mol. The van der Waals surface area contributed by atoms with Crippen molar-refractivity contribution in [3.63, 3.8) is 0 Å². The summed E-state index contributed by atoms with van der Waals surface area (Å²) < 4.78 is 5.50. The molecule has 1 amide bonds. The van der Waals surface area contributed by atoms with Gasteiger partial charge in [-0.3, -0.25) is 14.6 Å². The monoisotopic (exact) mass is 392 g/mol. The summed E-state index contributed by atoms with van der Waals surface area (Å²) in [5, 5.41) is 14.5. The second-order valence-corrected chi connectivity index (χ2v) is 6.12. The number of anilines is 2. The number of aromatic amines is 1. The molecule has 0 saturated carbocycles. The van der Waals surface area contributed by atoms with Crippen molar-refractivity contribution >= 4 is 23.3 Å². The Morgan fingerprint density at radius 3 is 2.52 bits per heavy atom. The van der Waals surface area contributed by atoms with Gasteiger partial charge in [0.25, 0.3) is 11.5 Å². The van der Waals surface area contributed by atoms with Crippen LogP contribution in [0.1, 0.15) is 18.2 Å². The summed E-state index contributed by atoms with van der Waals surface area (Å²) in [6.45, 7) is 3.28. The quantitative estimate of drug-likeness (QED) is 0.419. The maximum atomic E-state index is 11.9. The first-order chi connectivity index (χ1) is 14.0. The van der Waals surface area contributed by atoms with Crippen molar-refractivity contribution in [1.29, 1.82) is 0 Å². The van der Waals surface area contributed by atoms with Gasteiger partial charge in [-0.25, -0.2) is 5.43 Å². The van der Waals surface area contributed by atoms with Gasteiger partial charge in [-0.05, 0) is 55.8 Å². The van der Waals surface area contributed by atoms with E-state index in [2.05, 4.69) is 31.0 Å². The predicted octanol–water partition coefficient (Wildman–Crippen LogP) is 2.33. The maximum Gasteiger partial charge on any atom is 0.274 e. The molecule has 0 aliphatic rings. The predicted molar refractivity (Wildman–Crippen MR) is 110 cm³/mol. The highest BCUT2D eigenvalue weighted by Crippen LogP contribution is 2.13. The molecule has 9 nitrogen and oxygen atoms in total. The Kier molecular flexibility index (Phi) is 6.31. The van der Waals surface area contributed by atoms with E-state index >= 15 is 0 Å². The second-order valence-electron chi connectivity index (χ2n) is 6.12. The van der Waals surface area contributed by atoms with E-state index in [0.29, 0.717) is 11.5 Å². The molecule has 3 rings (SSSR count). The second kappa shape index (κ2) is 9.27. The number of aryl methyl sites for hydroxylation is 1. The number of benzene rings is 2. The van der Waals surface area contributed by atoms with Gasteiger partial charge in [0.2, 0.25) is 5.95 Å². The van der Waals surface area contributed by atoms with Gasteiger partial charge in [-0.2, -0.15) is 5.10 Å². The smallest absolute Gasteiger partial charge is 0.274 e. The Balaban J connectivity index is 1.54. The normalized spacial score (nSPS) is 11.0. The molecule has 0 bridgehead atoms. The van der Waals surface area contributed by atoms with Crippen LogP contribution in [0.25, 0.3) is 0 Å². The van der Waals surface area contributed by atoms with Gasteiger partial charge in [0.15, 0.2) is 6.61 Å². The zero-order valence-electron chi connectivity index (χ0n) is 16.0. The molecule has 0 aliphatic carbocycles. The van der Waals surface area contributed by atoms with Crippen LogP contribution in [0.2, 0.25) is 0 Å². The summed E-state index contributed by atoms with van der Waals surface area (Å²) >= 11 is 0. The fourth-order valence-electron chi connectivity index (χ4n) is 2.30. The van der Waals surface area contributed by atoms with Crippen molar-refractivity contribution in [2.75, 3.05) is 17.3 Å². The minimum atomic E-state index is -0.326. The van der Waals surface area contributed by atoms with E-state index in [0.717, 1.165) is 11.3 Å². The number of rotatable bonds is 7. The van der Waals surface area contributed by atoms with Crippen LogP contribution in [-0.4, -0.2) is 33.4 Å². The third kappa shape index (κ3) is 5.73. The molecule has 9 heteroatoms. The topological polar surface area (TPSA) is 121 Å². The lowest BCUT2D eigenvalue weighted by molar-refractivity contribution is -0.118. The first-order valence-corrected chi connectivity index (χ1v) is 8.83. The van der Waals surface area contributed by atoms with Crippen LogP contribution in [0, 0.1) is 6.92 Å². The molecule has 3 aromatic rings. The third-order valence-electron chi connectivity index (χ3n) is 3.89. The minimum Gasteiger partial charge on any atom is -0.484 e. The van der Waals surface area contributed by atoms with E-state index in [4.69, 9.17) is 4.74 Å². The van der Waals surface area contributed by atoms with Crippen LogP contribution < -0.4 is 21.0 Å². The Morgan fingerprint density at radius 1 is 1.10 bits per heavy atom. The first-order valence-electron chi connectivity index (χ1n) is 8.83. The third-order valence-corrected chi connectivity index (χ3v) is 3.89. The van der Waals surface area contributed by atoms with E-state index < -0.39 is 0 Å². The van der Waals surface area contributed by atoms with Crippen LogP contribution in [-0.2, 0) is 4.79 Å². The van der Waals surface area contributed by atoms with Crippen LogP contribution in [0.3, 0.4) is 0 Å². The summed E-state index contributed by atoms with van der Waals surface area (Å²) in [6.07, 6.45) is 0. The van der Waals surface area contributed by atoms with Gasteiger partial charge in [0.05, 0.1) is 5.71 Å². The van der Waals surface area contributed by atoms with Gasteiger partial charge in [0.1, 0.15) is 11.4 Å².